The zero-order valence-corrected chi connectivity index (χ0v) is 17.4. The van der Waals surface area contributed by atoms with E-state index < -0.39 is 0 Å². The predicted molar refractivity (Wildman–Crippen MR) is 118 cm³/mol. The van der Waals surface area contributed by atoms with Gasteiger partial charge in [-0.05, 0) is 51.0 Å². The number of hydrogen-bond acceptors (Lipinski definition) is 6. The van der Waals surface area contributed by atoms with Crippen LogP contribution in [0.1, 0.15) is 37.2 Å². The number of nitrogens with one attached hydrogen (secondary N) is 1. The summed E-state index contributed by atoms with van der Waals surface area (Å²) >= 11 is 0. The van der Waals surface area contributed by atoms with Crippen molar-refractivity contribution in [2.24, 2.45) is 0 Å². The van der Waals surface area contributed by atoms with Gasteiger partial charge >= 0.3 is 0 Å². The Bertz CT molecular complexity index is 1050. The second kappa shape index (κ2) is 8.98. The average Bonchev–Trinajstić information content (AvgIpc) is 3.30. The molecule has 7 nitrogen and oxygen atoms in total. The molecule has 156 valence electrons. The first-order chi connectivity index (χ1) is 14.7. The fraction of sp³-hybridized carbons (Fsp3) is 0.348. The highest BCUT2D eigenvalue weighted by molar-refractivity contribution is 6.08. The van der Waals surface area contributed by atoms with Crippen molar-refractivity contribution in [1.29, 1.82) is 0 Å². The molecule has 0 spiro atoms. The van der Waals surface area contributed by atoms with Crippen LogP contribution in [0.4, 0.5) is 11.5 Å². The molecule has 30 heavy (non-hydrogen) atoms. The fourth-order valence-corrected chi connectivity index (χ4v) is 3.62. The summed E-state index contributed by atoms with van der Waals surface area (Å²) in [5, 5.41) is 2.97. The molecule has 0 saturated carbocycles. The average molecular weight is 406 g/mol. The number of fused-ring (bicyclic) bond motifs is 1. The third-order valence-corrected chi connectivity index (χ3v) is 4.98. The van der Waals surface area contributed by atoms with Crippen molar-refractivity contribution in [2.75, 3.05) is 36.5 Å². The van der Waals surface area contributed by atoms with Crippen LogP contribution in [-0.2, 0) is 0 Å². The number of carbonyl (C=O) groups is 1. The lowest BCUT2D eigenvalue weighted by Gasteiger charge is -2.20. The van der Waals surface area contributed by atoms with Gasteiger partial charge in [-0.25, -0.2) is 9.97 Å². The van der Waals surface area contributed by atoms with Gasteiger partial charge in [0.05, 0.1) is 29.9 Å². The second-order valence-electron chi connectivity index (χ2n) is 7.06. The first-order valence-corrected chi connectivity index (χ1v) is 10.4. The molecule has 1 aliphatic heterocycles. The number of aromatic nitrogens is 2. The molecule has 0 unspecified atom stereocenters. The van der Waals surface area contributed by atoms with E-state index in [1.165, 1.54) is 0 Å². The molecule has 2 heterocycles. The van der Waals surface area contributed by atoms with Crippen LogP contribution in [0.5, 0.6) is 11.5 Å². The van der Waals surface area contributed by atoms with Crippen LogP contribution in [0.25, 0.3) is 11.0 Å². The number of anilines is 2. The third kappa shape index (κ3) is 4.15. The Morgan fingerprint density at radius 2 is 1.70 bits per heavy atom. The normalized spacial score (nSPS) is 13.5. The maximum Gasteiger partial charge on any atom is 0.278 e. The summed E-state index contributed by atoms with van der Waals surface area (Å²) in [7, 11) is 0. The lowest BCUT2D eigenvalue weighted by molar-refractivity contribution is 0.102. The summed E-state index contributed by atoms with van der Waals surface area (Å²) in [4.78, 5) is 24.9. The molecule has 1 saturated heterocycles. The number of benzene rings is 2. The molecule has 4 rings (SSSR count). The van der Waals surface area contributed by atoms with Crippen LogP contribution in [0.15, 0.2) is 42.5 Å². The lowest BCUT2D eigenvalue weighted by Crippen LogP contribution is -2.25. The van der Waals surface area contributed by atoms with Gasteiger partial charge in [0.25, 0.3) is 5.91 Å². The summed E-state index contributed by atoms with van der Waals surface area (Å²) < 4.78 is 11.3. The van der Waals surface area contributed by atoms with Crippen molar-refractivity contribution < 1.29 is 14.3 Å². The Morgan fingerprint density at radius 3 is 2.40 bits per heavy atom. The summed E-state index contributed by atoms with van der Waals surface area (Å²) in [6.45, 7) is 6.60. The van der Waals surface area contributed by atoms with E-state index in [-0.39, 0.29) is 5.91 Å². The van der Waals surface area contributed by atoms with Crippen LogP contribution in [0.2, 0.25) is 0 Å². The van der Waals surface area contributed by atoms with E-state index in [0.717, 1.165) is 31.4 Å². The molecule has 0 aliphatic carbocycles. The number of rotatable bonds is 7. The van der Waals surface area contributed by atoms with Gasteiger partial charge in [-0.15, -0.1) is 0 Å². The van der Waals surface area contributed by atoms with E-state index >= 15 is 0 Å². The van der Waals surface area contributed by atoms with Crippen molar-refractivity contribution in [2.45, 2.75) is 26.7 Å². The fourth-order valence-electron chi connectivity index (χ4n) is 3.62. The van der Waals surface area contributed by atoms with Gasteiger partial charge in [0.15, 0.2) is 11.5 Å². The second-order valence-corrected chi connectivity index (χ2v) is 7.06. The largest absolute Gasteiger partial charge is 0.494 e. The van der Waals surface area contributed by atoms with E-state index in [2.05, 4.69) is 15.2 Å². The van der Waals surface area contributed by atoms with Crippen LogP contribution in [0, 0.1) is 0 Å². The molecule has 1 fully saturated rings. The number of carbonyl (C=O) groups excluding carboxylic acids is 1. The van der Waals surface area contributed by atoms with Crippen LogP contribution in [-0.4, -0.2) is 42.2 Å². The van der Waals surface area contributed by atoms with Gasteiger partial charge in [0.2, 0.25) is 0 Å². The Labute approximate surface area is 176 Å². The van der Waals surface area contributed by atoms with E-state index in [0.29, 0.717) is 47.4 Å². The summed E-state index contributed by atoms with van der Waals surface area (Å²) in [6.07, 6.45) is 2.17. The Balaban J connectivity index is 1.72. The van der Waals surface area contributed by atoms with E-state index in [1.807, 2.05) is 44.2 Å². The molecule has 1 amide bonds. The van der Waals surface area contributed by atoms with Gasteiger partial charge in [0.1, 0.15) is 11.5 Å². The monoisotopic (exact) mass is 406 g/mol. The van der Waals surface area contributed by atoms with E-state index in [9.17, 15) is 4.79 Å². The highest BCUT2D eigenvalue weighted by atomic mass is 16.5. The number of ether oxygens (including phenoxy) is 2. The summed E-state index contributed by atoms with van der Waals surface area (Å²) in [5.74, 6) is 1.57. The zero-order valence-electron chi connectivity index (χ0n) is 17.4. The minimum atomic E-state index is -0.315. The van der Waals surface area contributed by atoms with Crippen molar-refractivity contribution >= 4 is 28.4 Å². The molecule has 1 aliphatic rings. The number of para-hydroxylation sites is 2. The summed E-state index contributed by atoms with van der Waals surface area (Å²) in [5.41, 5.74) is 2.35. The first-order valence-electron chi connectivity index (χ1n) is 10.4. The molecular weight excluding hydrogens is 380 g/mol. The van der Waals surface area contributed by atoms with Gasteiger partial charge in [-0.1, -0.05) is 12.1 Å². The van der Waals surface area contributed by atoms with Crippen LogP contribution < -0.4 is 19.7 Å². The summed E-state index contributed by atoms with van der Waals surface area (Å²) in [6, 6.07) is 13.0. The van der Waals surface area contributed by atoms with E-state index in [4.69, 9.17) is 14.5 Å². The Hall–Kier alpha value is -3.35. The minimum Gasteiger partial charge on any atom is -0.494 e. The van der Waals surface area contributed by atoms with Gasteiger partial charge in [-0.3, -0.25) is 4.79 Å². The molecule has 0 bridgehead atoms. The SMILES string of the molecule is CCOc1ccc(OCC)c(NC(=O)c2nc3ccccc3nc2N2CCCC2)c1. The van der Waals surface area contributed by atoms with Crippen molar-refractivity contribution in [3.8, 4) is 11.5 Å². The third-order valence-electron chi connectivity index (χ3n) is 4.98. The lowest BCUT2D eigenvalue weighted by atomic mass is 10.2. The van der Waals surface area contributed by atoms with Crippen LogP contribution >= 0.6 is 0 Å². The van der Waals surface area contributed by atoms with E-state index in [1.54, 1.807) is 12.1 Å². The van der Waals surface area contributed by atoms with Gasteiger partial charge in [0, 0.05) is 19.2 Å². The Morgan fingerprint density at radius 1 is 1.00 bits per heavy atom. The number of amides is 1. The number of hydrogen-bond donors (Lipinski definition) is 1. The van der Waals surface area contributed by atoms with Crippen molar-refractivity contribution in [3.63, 3.8) is 0 Å². The maximum atomic E-state index is 13.3. The van der Waals surface area contributed by atoms with Crippen molar-refractivity contribution in [3.05, 3.63) is 48.2 Å². The minimum absolute atomic E-state index is 0.315. The standard InChI is InChI=1S/C23H26N4O3/c1-3-29-16-11-12-20(30-4-2)19(15-16)26-23(28)21-22(27-13-7-8-14-27)25-18-10-6-5-9-17(18)24-21/h5-6,9-12,15H,3-4,7-8,13-14H2,1-2H3,(H,26,28). The molecule has 1 aromatic heterocycles. The van der Waals surface area contributed by atoms with Crippen LogP contribution in [0.3, 0.4) is 0 Å². The predicted octanol–water partition coefficient (Wildman–Crippen LogP) is 4.28. The molecular formula is C23H26N4O3. The molecule has 1 N–H and O–H groups in total. The first kappa shape index (κ1) is 19.9. The highest BCUT2D eigenvalue weighted by Crippen LogP contribution is 2.31. The smallest absolute Gasteiger partial charge is 0.278 e. The van der Waals surface area contributed by atoms with Gasteiger partial charge in [-0.2, -0.15) is 0 Å². The van der Waals surface area contributed by atoms with Gasteiger partial charge < -0.3 is 19.7 Å². The highest BCUT2D eigenvalue weighted by Gasteiger charge is 2.24. The van der Waals surface area contributed by atoms with Crippen molar-refractivity contribution in [1.82, 2.24) is 9.97 Å². The molecule has 2 aromatic carbocycles. The topological polar surface area (TPSA) is 76.6 Å². The molecule has 0 atom stereocenters. The quantitative estimate of drug-likeness (QED) is 0.631. The molecule has 0 radical (unpaired) electrons. The number of nitrogens with zero attached hydrogens (tertiary/aromatic N) is 3. The Kier molecular flexibility index (Phi) is 5.97. The molecule has 3 aromatic rings. The maximum absolute atomic E-state index is 13.3. The molecule has 7 heteroatoms. The zero-order chi connectivity index (χ0) is 20.9.